The summed E-state index contributed by atoms with van der Waals surface area (Å²) in [5.41, 5.74) is 2.73. The zero-order valence-electron chi connectivity index (χ0n) is 11.7. The van der Waals surface area contributed by atoms with E-state index in [1.165, 1.54) is 11.1 Å². The summed E-state index contributed by atoms with van der Waals surface area (Å²) in [6, 6.07) is 8.85. The van der Waals surface area contributed by atoms with Crippen LogP contribution in [0.1, 0.15) is 31.9 Å². The maximum atomic E-state index is 5.93. The van der Waals surface area contributed by atoms with Gasteiger partial charge in [-0.2, -0.15) is 0 Å². The van der Waals surface area contributed by atoms with Crippen LogP contribution in [0, 0.1) is 18.8 Å². The van der Waals surface area contributed by atoms with Gasteiger partial charge in [-0.3, -0.25) is 0 Å². The highest BCUT2D eigenvalue weighted by Crippen LogP contribution is 2.38. The van der Waals surface area contributed by atoms with Gasteiger partial charge in [0, 0.05) is 10.7 Å². The summed E-state index contributed by atoms with van der Waals surface area (Å²) < 4.78 is 5.93. The Labute approximate surface area is 119 Å². The Balaban J connectivity index is 2.03. The van der Waals surface area contributed by atoms with Crippen molar-refractivity contribution in [2.75, 3.05) is 0 Å². The lowest BCUT2D eigenvalue weighted by molar-refractivity contribution is 0.0511. The minimum atomic E-state index is 0.352. The van der Waals surface area contributed by atoms with E-state index in [2.05, 4.69) is 67.9 Å². The van der Waals surface area contributed by atoms with Crippen molar-refractivity contribution in [3.05, 3.63) is 35.4 Å². The Morgan fingerprint density at radius 1 is 1.11 bits per heavy atom. The van der Waals surface area contributed by atoms with Crippen molar-refractivity contribution in [3.63, 3.8) is 0 Å². The molecule has 1 aromatic carbocycles. The highest BCUT2D eigenvalue weighted by molar-refractivity contribution is 9.09. The summed E-state index contributed by atoms with van der Waals surface area (Å²) >= 11 is 3.89. The normalized spacial score (nSPS) is 33.6. The molecular weight excluding hydrogens is 288 g/mol. The molecule has 1 fully saturated rings. The van der Waals surface area contributed by atoms with Gasteiger partial charge in [-0.25, -0.2) is 0 Å². The van der Waals surface area contributed by atoms with Gasteiger partial charge in [0.1, 0.15) is 0 Å². The Bertz CT molecular complexity index is 387. The largest absolute Gasteiger partial charge is 0.375 e. The first kappa shape index (κ1) is 14.1. The summed E-state index contributed by atoms with van der Waals surface area (Å²) in [6.45, 7) is 8.83. The molecule has 1 saturated heterocycles. The van der Waals surface area contributed by atoms with E-state index in [1.54, 1.807) is 0 Å². The fourth-order valence-electron chi connectivity index (χ4n) is 3.00. The van der Waals surface area contributed by atoms with Crippen LogP contribution in [0.15, 0.2) is 24.3 Å². The van der Waals surface area contributed by atoms with Crippen LogP contribution in [0.2, 0.25) is 0 Å². The Kier molecular flexibility index (Phi) is 4.50. The maximum Gasteiger partial charge on any atom is 0.0593 e. The van der Waals surface area contributed by atoms with Crippen molar-refractivity contribution in [1.29, 1.82) is 0 Å². The van der Waals surface area contributed by atoms with Crippen molar-refractivity contribution in [1.82, 2.24) is 0 Å². The fourth-order valence-corrected chi connectivity index (χ4v) is 4.29. The van der Waals surface area contributed by atoms with Crippen LogP contribution < -0.4 is 0 Å². The number of rotatable bonds is 3. The van der Waals surface area contributed by atoms with E-state index >= 15 is 0 Å². The fraction of sp³-hybridized carbons (Fsp3) is 0.625. The summed E-state index contributed by atoms with van der Waals surface area (Å²) in [5.74, 6) is 1.22. The molecule has 2 heteroatoms. The first-order valence-electron chi connectivity index (χ1n) is 6.84. The minimum Gasteiger partial charge on any atom is -0.375 e. The molecule has 1 heterocycles. The van der Waals surface area contributed by atoms with Crippen LogP contribution in [0.3, 0.4) is 0 Å². The molecule has 0 amide bonds. The van der Waals surface area contributed by atoms with Crippen LogP contribution in [-0.4, -0.2) is 17.0 Å². The van der Waals surface area contributed by atoms with Crippen molar-refractivity contribution < 1.29 is 4.74 Å². The summed E-state index contributed by atoms with van der Waals surface area (Å²) in [6.07, 6.45) is 1.81. The summed E-state index contributed by atoms with van der Waals surface area (Å²) in [4.78, 5) is 0.496. The van der Waals surface area contributed by atoms with Gasteiger partial charge in [0.05, 0.1) is 12.2 Å². The van der Waals surface area contributed by atoms with Crippen LogP contribution >= 0.6 is 15.9 Å². The molecular formula is C16H23BrO. The van der Waals surface area contributed by atoms with Crippen molar-refractivity contribution in [2.24, 2.45) is 11.8 Å². The number of alkyl halides is 1. The zero-order chi connectivity index (χ0) is 13.3. The SMILES string of the molecule is Cc1ccc(CC(Br)C2C(C)OC(C)C2C)cc1. The lowest BCUT2D eigenvalue weighted by atomic mass is 9.85. The molecule has 0 bridgehead atoms. The van der Waals surface area contributed by atoms with Gasteiger partial charge in [-0.15, -0.1) is 0 Å². The van der Waals surface area contributed by atoms with Gasteiger partial charge in [0.2, 0.25) is 0 Å². The first-order chi connectivity index (χ1) is 8.49. The number of benzene rings is 1. The van der Waals surface area contributed by atoms with Gasteiger partial charge >= 0.3 is 0 Å². The number of ether oxygens (including phenoxy) is 1. The smallest absolute Gasteiger partial charge is 0.0593 e. The zero-order valence-corrected chi connectivity index (χ0v) is 13.3. The van der Waals surface area contributed by atoms with E-state index in [9.17, 15) is 0 Å². The maximum absolute atomic E-state index is 5.93. The minimum absolute atomic E-state index is 0.352. The molecule has 18 heavy (non-hydrogen) atoms. The highest BCUT2D eigenvalue weighted by Gasteiger charge is 2.40. The van der Waals surface area contributed by atoms with Gasteiger partial charge in [0.15, 0.2) is 0 Å². The molecule has 1 nitrogen and oxygen atoms in total. The number of hydrogen-bond donors (Lipinski definition) is 0. The van der Waals surface area contributed by atoms with Crippen molar-refractivity contribution in [2.45, 2.75) is 51.2 Å². The van der Waals surface area contributed by atoms with E-state index in [-0.39, 0.29) is 0 Å². The lowest BCUT2D eigenvalue weighted by Crippen LogP contribution is -2.28. The van der Waals surface area contributed by atoms with E-state index in [0.29, 0.717) is 28.9 Å². The van der Waals surface area contributed by atoms with Crippen molar-refractivity contribution in [3.8, 4) is 0 Å². The average Bonchev–Trinajstić information content (AvgIpc) is 2.56. The van der Waals surface area contributed by atoms with E-state index in [0.717, 1.165) is 6.42 Å². The molecule has 0 N–H and O–H groups in total. The molecule has 0 spiro atoms. The average molecular weight is 311 g/mol. The van der Waals surface area contributed by atoms with Crippen LogP contribution in [0.5, 0.6) is 0 Å². The Morgan fingerprint density at radius 2 is 1.72 bits per heavy atom. The molecule has 5 atom stereocenters. The Morgan fingerprint density at radius 3 is 2.22 bits per heavy atom. The molecule has 100 valence electrons. The predicted molar refractivity (Wildman–Crippen MR) is 80.3 cm³/mol. The second-order valence-electron chi connectivity index (χ2n) is 5.69. The summed E-state index contributed by atoms with van der Waals surface area (Å²) in [7, 11) is 0. The molecule has 0 aromatic heterocycles. The van der Waals surface area contributed by atoms with Gasteiger partial charge < -0.3 is 4.74 Å². The van der Waals surface area contributed by atoms with Crippen LogP contribution in [0.25, 0.3) is 0 Å². The molecule has 0 aliphatic carbocycles. The predicted octanol–water partition coefficient (Wildman–Crippen LogP) is 4.36. The third-order valence-corrected chi connectivity index (χ3v) is 5.22. The third-order valence-electron chi connectivity index (χ3n) is 4.29. The standard InChI is InChI=1S/C16H23BrO/c1-10-5-7-14(8-6-10)9-15(17)16-11(2)12(3)18-13(16)4/h5-8,11-13,15-16H,9H2,1-4H3. The molecule has 1 aliphatic rings. The first-order valence-corrected chi connectivity index (χ1v) is 7.75. The number of halogens is 1. The quantitative estimate of drug-likeness (QED) is 0.754. The second-order valence-corrected chi connectivity index (χ2v) is 6.86. The molecule has 2 rings (SSSR count). The second kappa shape index (κ2) is 5.75. The molecule has 0 radical (unpaired) electrons. The van der Waals surface area contributed by atoms with Gasteiger partial charge in [0.25, 0.3) is 0 Å². The summed E-state index contributed by atoms with van der Waals surface area (Å²) in [5, 5.41) is 0. The molecule has 1 aliphatic heterocycles. The van der Waals surface area contributed by atoms with Gasteiger partial charge in [-0.1, -0.05) is 52.7 Å². The van der Waals surface area contributed by atoms with Crippen molar-refractivity contribution >= 4 is 15.9 Å². The highest BCUT2D eigenvalue weighted by atomic mass is 79.9. The van der Waals surface area contributed by atoms with Crippen LogP contribution in [0.4, 0.5) is 0 Å². The van der Waals surface area contributed by atoms with E-state index in [1.807, 2.05) is 0 Å². The monoisotopic (exact) mass is 310 g/mol. The molecule has 0 saturated carbocycles. The third kappa shape index (κ3) is 2.97. The number of hydrogen-bond acceptors (Lipinski definition) is 1. The van der Waals surface area contributed by atoms with E-state index < -0.39 is 0 Å². The topological polar surface area (TPSA) is 9.23 Å². The van der Waals surface area contributed by atoms with E-state index in [4.69, 9.17) is 4.74 Å². The Hall–Kier alpha value is -0.340. The molecule has 5 unspecified atom stereocenters. The van der Waals surface area contributed by atoms with Gasteiger partial charge in [-0.05, 0) is 38.7 Å². The van der Waals surface area contributed by atoms with Crippen LogP contribution in [-0.2, 0) is 11.2 Å². The number of aryl methyl sites for hydroxylation is 1. The molecule has 1 aromatic rings. The lowest BCUT2D eigenvalue weighted by Gasteiger charge is -2.24.